The molecule has 4 aromatic rings. The summed E-state index contributed by atoms with van der Waals surface area (Å²) in [6, 6.07) is 27.0. The van der Waals surface area contributed by atoms with E-state index in [-0.39, 0.29) is 42.8 Å². The number of amides is 4. The molecule has 10 rings (SSSR count). The quantitative estimate of drug-likeness (QED) is 0.0592. The van der Waals surface area contributed by atoms with E-state index in [9.17, 15) is 27.6 Å². The second kappa shape index (κ2) is 19.3. The number of hydrogen-bond acceptors (Lipinski definition) is 10. The first-order valence-electron chi connectivity index (χ1n) is 20.5. The summed E-state index contributed by atoms with van der Waals surface area (Å²) in [5.74, 6) is 3.44. The summed E-state index contributed by atoms with van der Waals surface area (Å²) in [4.78, 5) is 60.0. The molecule has 6 heterocycles. The van der Waals surface area contributed by atoms with Crippen molar-refractivity contribution < 1.29 is 27.6 Å². The van der Waals surface area contributed by atoms with Crippen LogP contribution in [-0.2, 0) is 54.3 Å². The summed E-state index contributed by atoms with van der Waals surface area (Å²) in [5, 5.41) is 15.3. The molecule has 6 aliphatic heterocycles. The number of hydrogen-bond donors (Lipinski definition) is 7. The van der Waals surface area contributed by atoms with Crippen LogP contribution in [0, 0.1) is 0 Å². The van der Waals surface area contributed by atoms with Crippen LogP contribution in [0.1, 0.15) is 55.5 Å². The van der Waals surface area contributed by atoms with Gasteiger partial charge in [-0.1, -0.05) is 78.9 Å². The average Bonchev–Trinajstić information content (AvgIpc) is 3.26. The van der Waals surface area contributed by atoms with Crippen molar-refractivity contribution in [3.63, 3.8) is 0 Å². The number of sulfonamides is 1. The van der Waals surface area contributed by atoms with Crippen LogP contribution in [0.25, 0.3) is 0 Å². The van der Waals surface area contributed by atoms with Crippen LogP contribution in [-0.4, -0.2) is 97.0 Å². The third-order valence-corrected chi connectivity index (χ3v) is 13.0. The minimum atomic E-state index is -4.08. The van der Waals surface area contributed by atoms with Crippen molar-refractivity contribution in [3.05, 3.63) is 131 Å². The Balaban J connectivity index is 1.32. The molecule has 2 atom stereocenters. The Morgan fingerprint density at radius 2 is 1.23 bits per heavy atom. The lowest BCUT2D eigenvalue weighted by molar-refractivity contribution is -0.132. The smallest absolute Gasteiger partial charge is 0.244 e. The first-order valence-corrected chi connectivity index (χ1v) is 22.1. The molecule has 9 N–H and O–H groups in total. The summed E-state index contributed by atoms with van der Waals surface area (Å²) in [6.07, 6.45) is -0.0250. The molecule has 4 aromatic carbocycles. The molecule has 6 aliphatic rings. The van der Waals surface area contributed by atoms with E-state index in [1.807, 2.05) is 27.7 Å². The van der Waals surface area contributed by atoms with E-state index >= 15 is 0 Å². The predicted octanol–water partition coefficient (Wildman–Crippen LogP) is 2.41. The highest BCUT2D eigenvalue weighted by atomic mass is 32.2. The molecule has 0 aliphatic carbocycles. The lowest BCUT2D eigenvalue weighted by Crippen LogP contribution is -2.64. The number of carbonyl (C=O) groups excluding carboxylic acids is 4. The third-order valence-electron chi connectivity index (χ3n) is 11.6. The van der Waals surface area contributed by atoms with Gasteiger partial charge in [-0.05, 0) is 80.6 Å². The number of carbonyl (C=O) groups is 4. The van der Waals surface area contributed by atoms with Crippen molar-refractivity contribution in [2.75, 3.05) is 36.8 Å². The Bertz CT molecular complexity index is 2360. The van der Waals surface area contributed by atoms with E-state index in [4.69, 9.17) is 11.6 Å². The maximum Gasteiger partial charge on any atom is 0.244 e. The Morgan fingerprint density at radius 1 is 0.726 bits per heavy atom. The van der Waals surface area contributed by atoms with E-state index in [1.165, 1.54) is 0 Å². The van der Waals surface area contributed by atoms with Crippen LogP contribution in [0.15, 0.2) is 108 Å². The highest BCUT2D eigenvalue weighted by Gasteiger charge is 2.41. The Labute approximate surface area is 362 Å². The molecule has 4 amide bonds. The monoisotopic (exact) mass is 864 g/mol. The second-order valence-electron chi connectivity index (χ2n) is 16.7. The molecular weight excluding hydrogens is 809 g/mol. The lowest BCUT2D eigenvalue weighted by atomic mass is 9.96. The zero-order valence-electron chi connectivity index (χ0n) is 35.5. The number of nitrogens with zero attached hydrogens (tertiary/aromatic N) is 3. The molecule has 62 heavy (non-hydrogen) atoms. The van der Waals surface area contributed by atoms with E-state index in [0.717, 1.165) is 5.56 Å². The largest absolute Gasteiger partial charge is 0.382 e. The summed E-state index contributed by atoms with van der Waals surface area (Å²) >= 11 is 0. The van der Waals surface area contributed by atoms with Crippen molar-refractivity contribution in [1.29, 1.82) is 0 Å². The number of hydrazone groups is 1. The first-order chi connectivity index (χ1) is 29.4. The average molecular weight is 865 g/mol. The SMILES string of the molecule is CC1(C)C(=O)Nc2ccc(cc2)C[C@@H](C(=O)NCc2ccc(C(N)=NN)cc2)NC(=O)[C@H](NS(=O)(=O)Cc2ccccc2)Cc2ccc(cc2)NC(=O)C(C)(C)N2CCN1CC2. The molecule has 6 bridgehead atoms. The van der Waals surface area contributed by atoms with E-state index in [2.05, 4.69) is 40.9 Å². The van der Waals surface area contributed by atoms with Gasteiger partial charge in [0.25, 0.3) is 0 Å². The molecule has 0 radical (unpaired) electrons. The molecular formula is C45H56N10O6S. The number of piperazine rings is 1. The Hall–Kier alpha value is -6.14. The van der Waals surface area contributed by atoms with Gasteiger partial charge >= 0.3 is 0 Å². The van der Waals surface area contributed by atoms with Crippen LogP contribution < -0.4 is 37.6 Å². The lowest BCUT2D eigenvalue weighted by Gasteiger charge is -2.47. The van der Waals surface area contributed by atoms with Gasteiger partial charge in [-0.25, -0.2) is 13.1 Å². The normalized spacial score (nSPS) is 22.2. The molecule has 0 aromatic heterocycles. The summed E-state index contributed by atoms with van der Waals surface area (Å²) < 4.78 is 29.9. The number of fused-ring (bicyclic) bond motifs is 1. The van der Waals surface area contributed by atoms with Gasteiger partial charge in [0.1, 0.15) is 17.9 Å². The van der Waals surface area contributed by atoms with Crippen LogP contribution in [0.3, 0.4) is 0 Å². The summed E-state index contributed by atoms with van der Waals surface area (Å²) in [5.41, 5.74) is 8.31. The van der Waals surface area contributed by atoms with Gasteiger partial charge in [-0.15, -0.1) is 0 Å². The molecule has 1 fully saturated rings. The highest BCUT2D eigenvalue weighted by Crippen LogP contribution is 2.25. The molecule has 0 unspecified atom stereocenters. The molecule has 328 valence electrons. The predicted molar refractivity (Wildman–Crippen MR) is 240 cm³/mol. The van der Waals surface area contributed by atoms with Gasteiger partial charge in [0, 0.05) is 56.1 Å². The van der Waals surface area contributed by atoms with Crippen LogP contribution in [0.5, 0.6) is 0 Å². The molecule has 0 saturated carbocycles. The zero-order valence-corrected chi connectivity index (χ0v) is 36.3. The summed E-state index contributed by atoms with van der Waals surface area (Å²) in [7, 11) is -4.08. The third kappa shape index (κ3) is 11.4. The van der Waals surface area contributed by atoms with Crippen molar-refractivity contribution in [1.82, 2.24) is 25.2 Å². The summed E-state index contributed by atoms with van der Waals surface area (Å²) in [6.45, 7) is 9.84. The van der Waals surface area contributed by atoms with E-state index in [1.54, 1.807) is 103 Å². The van der Waals surface area contributed by atoms with Crippen LogP contribution >= 0.6 is 0 Å². The van der Waals surface area contributed by atoms with Gasteiger partial charge in [-0.3, -0.25) is 29.0 Å². The van der Waals surface area contributed by atoms with Gasteiger partial charge in [0.15, 0.2) is 0 Å². The second-order valence-corrected chi connectivity index (χ2v) is 18.5. The topological polar surface area (TPSA) is 233 Å². The number of anilines is 2. The van der Waals surface area contributed by atoms with Gasteiger partial charge in [-0.2, -0.15) is 5.10 Å². The van der Waals surface area contributed by atoms with Crippen LogP contribution in [0.4, 0.5) is 11.4 Å². The maximum absolute atomic E-state index is 14.3. The van der Waals surface area contributed by atoms with E-state index in [0.29, 0.717) is 59.8 Å². The maximum atomic E-state index is 14.3. The molecule has 0 spiro atoms. The van der Waals surface area contributed by atoms with Crippen LogP contribution in [0.2, 0.25) is 0 Å². The molecule has 17 heteroatoms. The molecule has 1 saturated heterocycles. The van der Waals surface area contributed by atoms with Gasteiger partial charge < -0.3 is 32.8 Å². The number of rotatable bonds is 8. The van der Waals surface area contributed by atoms with Crippen molar-refractivity contribution in [3.8, 4) is 0 Å². The number of benzene rings is 4. The number of nitrogens with two attached hydrogens (primary N) is 2. The number of amidine groups is 1. The van der Waals surface area contributed by atoms with Gasteiger partial charge in [0.05, 0.1) is 16.8 Å². The first kappa shape index (κ1) is 45.4. The fraction of sp³-hybridized carbons (Fsp3) is 0.356. The number of nitrogens with one attached hydrogen (secondary N) is 5. The van der Waals surface area contributed by atoms with Crippen molar-refractivity contribution >= 4 is 50.9 Å². The minimum Gasteiger partial charge on any atom is -0.382 e. The molecule has 16 nitrogen and oxygen atoms in total. The van der Waals surface area contributed by atoms with Gasteiger partial charge in [0.2, 0.25) is 33.7 Å². The minimum absolute atomic E-state index is 0.0399. The Morgan fingerprint density at radius 3 is 1.73 bits per heavy atom. The fourth-order valence-electron chi connectivity index (χ4n) is 7.50. The van der Waals surface area contributed by atoms with Crippen molar-refractivity contribution in [2.45, 2.75) is 76.0 Å². The van der Waals surface area contributed by atoms with E-state index < -0.39 is 45.0 Å². The van der Waals surface area contributed by atoms with Crippen molar-refractivity contribution in [2.24, 2.45) is 16.7 Å². The Kier molecular flexibility index (Phi) is 14.1. The standard InChI is InChI=1S/C45H56N10O6S/c1-44(2)42(58)49-35-18-12-30(13-19-35)26-37(40(56)48-28-32-10-16-34(17-11-32)39(46)52-47)51-41(57)38(53-62(60,61)29-33-8-6-5-7-9-33)27-31-14-20-36(21-15-31)50-43(59)45(3,4)55-24-22-54(44)23-25-55/h5-21,37-38,53H,22-29,47H2,1-4H3,(H2,46,52)(H,48,56)(H,49,58)(H,50,59)(H,51,57)/t37-,38+/m0/s1. The fourth-order valence-corrected chi connectivity index (χ4v) is 8.84. The highest BCUT2D eigenvalue weighted by molar-refractivity contribution is 7.88. The zero-order chi connectivity index (χ0) is 44.7.